The molecule has 1 unspecified atom stereocenters. The molecule has 0 radical (unpaired) electrons. The first-order chi connectivity index (χ1) is 9.16. The fourth-order valence-electron chi connectivity index (χ4n) is 3.91. The van der Waals surface area contributed by atoms with E-state index in [0.717, 1.165) is 19.6 Å². The maximum Gasteiger partial charge on any atom is 0.236 e. The van der Waals surface area contributed by atoms with Crippen LogP contribution in [-0.4, -0.2) is 61.0 Å². The summed E-state index contributed by atoms with van der Waals surface area (Å²) in [5.74, 6) is 0.299. The van der Waals surface area contributed by atoms with Crippen LogP contribution in [0.2, 0.25) is 0 Å². The second kappa shape index (κ2) is 5.41. The average molecular weight is 265 g/mol. The number of amides is 1. The highest BCUT2D eigenvalue weighted by molar-refractivity contribution is 5.79. The van der Waals surface area contributed by atoms with Crippen molar-refractivity contribution in [2.75, 3.05) is 39.3 Å². The van der Waals surface area contributed by atoms with Gasteiger partial charge in [0.1, 0.15) is 0 Å². The number of piperidine rings is 1. The Labute approximate surface area is 116 Å². The summed E-state index contributed by atoms with van der Waals surface area (Å²) >= 11 is 0. The highest BCUT2D eigenvalue weighted by Gasteiger charge is 2.36. The average Bonchev–Trinajstić information content (AvgIpc) is 2.38. The molecule has 0 aromatic heterocycles. The molecule has 1 aliphatic carbocycles. The van der Waals surface area contributed by atoms with Crippen molar-refractivity contribution in [3.63, 3.8) is 0 Å². The first kappa shape index (κ1) is 13.4. The number of nitrogens with zero attached hydrogens (tertiary/aromatic N) is 2. The zero-order valence-electron chi connectivity index (χ0n) is 12.2. The fourth-order valence-corrected chi connectivity index (χ4v) is 3.91. The predicted molar refractivity (Wildman–Crippen MR) is 76.0 cm³/mol. The van der Waals surface area contributed by atoms with E-state index in [0.29, 0.717) is 23.9 Å². The van der Waals surface area contributed by atoms with Crippen molar-refractivity contribution in [1.29, 1.82) is 0 Å². The summed E-state index contributed by atoms with van der Waals surface area (Å²) in [6, 6.07) is 0.465. The zero-order chi connectivity index (χ0) is 13.3. The minimum atomic E-state index is 0.299. The van der Waals surface area contributed by atoms with Crippen LogP contribution in [0.5, 0.6) is 0 Å². The third kappa shape index (κ3) is 2.95. The van der Waals surface area contributed by atoms with Gasteiger partial charge < -0.3 is 15.1 Å². The van der Waals surface area contributed by atoms with Crippen LogP contribution in [0.25, 0.3) is 0 Å². The van der Waals surface area contributed by atoms with Gasteiger partial charge in [-0.05, 0) is 37.6 Å². The first-order valence-corrected chi connectivity index (χ1v) is 7.89. The summed E-state index contributed by atoms with van der Waals surface area (Å²) in [4.78, 5) is 16.7. The molecule has 2 aliphatic heterocycles. The van der Waals surface area contributed by atoms with E-state index in [1.165, 1.54) is 45.2 Å². The molecule has 0 aromatic rings. The predicted octanol–water partition coefficient (Wildman–Crippen LogP) is 1.07. The van der Waals surface area contributed by atoms with Gasteiger partial charge in [-0.2, -0.15) is 0 Å². The SMILES string of the molecule is CC1(CN2CCCC(N3CCNCC3=O)C2)CCC1. The Bertz CT molecular complexity index is 340. The molecular formula is C15H27N3O. The van der Waals surface area contributed by atoms with E-state index >= 15 is 0 Å². The van der Waals surface area contributed by atoms with Crippen molar-refractivity contribution < 1.29 is 4.79 Å². The zero-order valence-corrected chi connectivity index (χ0v) is 12.2. The molecule has 0 bridgehead atoms. The number of hydrogen-bond acceptors (Lipinski definition) is 3. The number of hydrogen-bond donors (Lipinski definition) is 1. The number of carbonyl (C=O) groups excluding carboxylic acids is 1. The molecule has 19 heavy (non-hydrogen) atoms. The van der Waals surface area contributed by atoms with Crippen LogP contribution in [0, 0.1) is 5.41 Å². The molecule has 1 atom stereocenters. The minimum Gasteiger partial charge on any atom is -0.336 e. The van der Waals surface area contributed by atoms with E-state index in [2.05, 4.69) is 22.0 Å². The summed E-state index contributed by atoms with van der Waals surface area (Å²) in [5.41, 5.74) is 0.565. The van der Waals surface area contributed by atoms with Gasteiger partial charge in [0, 0.05) is 32.2 Å². The van der Waals surface area contributed by atoms with E-state index < -0.39 is 0 Å². The lowest BCUT2D eigenvalue weighted by Crippen LogP contribution is -2.57. The van der Waals surface area contributed by atoms with Crippen molar-refractivity contribution >= 4 is 5.91 Å². The lowest BCUT2D eigenvalue weighted by atomic mass is 9.70. The Morgan fingerprint density at radius 1 is 1.32 bits per heavy atom. The maximum atomic E-state index is 12.0. The molecule has 1 amide bonds. The van der Waals surface area contributed by atoms with Crippen LogP contribution in [0.4, 0.5) is 0 Å². The van der Waals surface area contributed by atoms with Gasteiger partial charge in [0.25, 0.3) is 0 Å². The fraction of sp³-hybridized carbons (Fsp3) is 0.933. The van der Waals surface area contributed by atoms with Gasteiger partial charge in [-0.3, -0.25) is 4.79 Å². The normalized spacial score (nSPS) is 32.2. The molecule has 0 aromatic carbocycles. The van der Waals surface area contributed by atoms with Crippen molar-refractivity contribution in [3.8, 4) is 0 Å². The van der Waals surface area contributed by atoms with Crippen molar-refractivity contribution in [3.05, 3.63) is 0 Å². The largest absolute Gasteiger partial charge is 0.336 e. The quantitative estimate of drug-likeness (QED) is 0.829. The first-order valence-electron chi connectivity index (χ1n) is 7.89. The number of piperazine rings is 1. The van der Waals surface area contributed by atoms with E-state index in [9.17, 15) is 4.79 Å². The van der Waals surface area contributed by atoms with Crippen molar-refractivity contribution in [2.45, 2.75) is 45.1 Å². The van der Waals surface area contributed by atoms with Crippen molar-refractivity contribution in [1.82, 2.24) is 15.1 Å². The Hall–Kier alpha value is -0.610. The highest BCUT2D eigenvalue weighted by Crippen LogP contribution is 2.41. The van der Waals surface area contributed by atoms with Crippen LogP contribution < -0.4 is 5.32 Å². The second-order valence-corrected chi connectivity index (χ2v) is 6.96. The lowest BCUT2D eigenvalue weighted by Gasteiger charge is -2.46. The van der Waals surface area contributed by atoms with E-state index in [-0.39, 0.29) is 0 Å². The van der Waals surface area contributed by atoms with Crippen LogP contribution >= 0.6 is 0 Å². The van der Waals surface area contributed by atoms with Crippen LogP contribution in [-0.2, 0) is 4.79 Å². The number of rotatable bonds is 3. The standard InChI is InChI=1S/C15H27N3O/c1-15(5-3-6-15)12-17-8-2-4-13(11-17)18-9-7-16-10-14(18)19/h13,16H,2-12H2,1H3. The Balaban J connectivity index is 1.56. The minimum absolute atomic E-state index is 0.299. The van der Waals surface area contributed by atoms with Crippen LogP contribution in [0.1, 0.15) is 39.0 Å². The van der Waals surface area contributed by atoms with E-state index in [1.54, 1.807) is 0 Å². The topological polar surface area (TPSA) is 35.6 Å². The molecule has 3 aliphatic rings. The Morgan fingerprint density at radius 3 is 2.84 bits per heavy atom. The Kier molecular flexibility index (Phi) is 3.81. The third-order valence-electron chi connectivity index (χ3n) is 5.21. The number of nitrogens with one attached hydrogen (secondary N) is 1. The molecule has 4 heteroatoms. The smallest absolute Gasteiger partial charge is 0.236 e. The Morgan fingerprint density at radius 2 is 2.16 bits per heavy atom. The molecule has 1 saturated carbocycles. The molecule has 3 rings (SSSR count). The monoisotopic (exact) mass is 265 g/mol. The number of carbonyl (C=O) groups is 1. The van der Waals surface area contributed by atoms with Crippen molar-refractivity contribution in [2.24, 2.45) is 5.41 Å². The lowest BCUT2D eigenvalue weighted by molar-refractivity contribution is -0.135. The molecule has 2 heterocycles. The third-order valence-corrected chi connectivity index (χ3v) is 5.21. The van der Waals surface area contributed by atoms with Gasteiger partial charge in [0.2, 0.25) is 5.91 Å². The molecule has 3 fully saturated rings. The van der Waals surface area contributed by atoms with Crippen LogP contribution in [0.15, 0.2) is 0 Å². The summed E-state index contributed by atoms with van der Waals surface area (Å²) < 4.78 is 0. The van der Waals surface area contributed by atoms with Gasteiger partial charge in [-0.1, -0.05) is 13.3 Å². The molecule has 1 N–H and O–H groups in total. The summed E-state index contributed by atoms with van der Waals surface area (Å²) in [6.45, 7) is 8.39. The number of likely N-dealkylation sites (tertiary alicyclic amines) is 1. The molecule has 4 nitrogen and oxygen atoms in total. The summed E-state index contributed by atoms with van der Waals surface area (Å²) in [7, 11) is 0. The highest BCUT2D eigenvalue weighted by atomic mass is 16.2. The molecule has 2 saturated heterocycles. The maximum absolute atomic E-state index is 12.0. The van der Waals surface area contributed by atoms with Gasteiger partial charge in [-0.25, -0.2) is 0 Å². The summed E-state index contributed by atoms with van der Waals surface area (Å²) in [6.07, 6.45) is 6.63. The van der Waals surface area contributed by atoms with Gasteiger partial charge in [0.15, 0.2) is 0 Å². The van der Waals surface area contributed by atoms with E-state index in [1.807, 2.05) is 0 Å². The molecule has 108 valence electrons. The molecule has 0 spiro atoms. The van der Waals surface area contributed by atoms with Gasteiger partial charge in [-0.15, -0.1) is 0 Å². The van der Waals surface area contributed by atoms with E-state index in [4.69, 9.17) is 0 Å². The second-order valence-electron chi connectivity index (χ2n) is 6.96. The van der Waals surface area contributed by atoms with Gasteiger partial charge >= 0.3 is 0 Å². The summed E-state index contributed by atoms with van der Waals surface area (Å²) in [5, 5.41) is 3.17. The van der Waals surface area contributed by atoms with Crippen LogP contribution in [0.3, 0.4) is 0 Å². The van der Waals surface area contributed by atoms with Gasteiger partial charge in [0.05, 0.1) is 6.54 Å². The molecular weight excluding hydrogens is 238 g/mol.